The largest absolute Gasteiger partial charge is 0.340 e. The lowest BCUT2D eigenvalue weighted by molar-refractivity contribution is -0.384. The van der Waals surface area contributed by atoms with Gasteiger partial charge in [0.1, 0.15) is 0 Å². The Labute approximate surface area is 170 Å². The molecule has 1 aromatic carbocycles. The number of nitro benzene ring substituents is 1. The predicted octanol–water partition coefficient (Wildman–Crippen LogP) is 1.62. The van der Waals surface area contributed by atoms with E-state index in [9.17, 15) is 14.9 Å². The van der Waals surface area contributed by atoms with Crippen molar-refractivity contribution in [1.29, 1.82) is 0 Å². The summed E-state index contributed by atoms with van der Waals surface area (Å²) in [7, 11) is 1.68. The number of aromatic nitrogens is 4. The molecule has 1 aliphatic heterocycles. The Morgan fingerprint density at radius 3 is 2.52 bits per heavy atom. The molecule has 0 aliphatic carbocycles. The minimum Gasteiger partial charge on any atom is -0.340 e. The molecule has 0 radical (unpaired) electrons. The first-order valence-corrected chi connectivity index (χ1v) is 10.2. The Balaban J connectivity index is 1.75. The maximum absolute atomic E-state index is 13.1. The van der Waals surface area contributed by atoms with Gasteiger partial charge in [-0.3, -0.25) is 19.5 Å². The molecule has 1 saturated heterocycles. The van der Waals surface area contributed by atoms with E-state index in [4.69, 9.17) is 0 Å². The van der Waals surface area contributed by atoms with Crippen LogP contribution in [0.1, 0.15) is 6.92 Å². The number of rotatable bonds is 5. The van der Waals surface area contributed by atoms with Crippen LogP contribution in [-0.2, 0) is 13.6 Å². The number of hydrogen-bond donors (Lipinski definition) is 1. The van der Waals surface area contributed by atoms with Gasteiger partial charge in [0.05, 0.1) is 4.92 Å². The molecule has 10 nitrogen and oxygen atoms in total. The summed E-state index contributed by atoms with van der Waals surface area (Å²) in [4.78, 5) is 35.7. The summed E-state index contributed by atoms with van der Waals surface area (Å²) >= 11 is 1.28. The van der Waals surface area contributed by atoms with Gasteiger partial charge < -0.3 is 14.8 Å². The lowest BCUT2D eigenvalue weighted by Gasteiger charge is -2.28. The molecule has 1 N–H and O–H groups in total. The summed E-state index contributed by atoms with van der Waals surface area (Å²) in [5, 5.41) is 14.6. The van der Waals surface area contributed by atoms with Crippen molar-refractivity contribution in [2.24, 2.45) is 7.05 Å². The van der Waals surface area contributed by atoms with Crippen LogP contribution in [-0.4, -0.2) is 50.2 Å². The van der Waals surface area contributed by atoms with Crippen molar-refractivity contribution in [3.8, 4) is 0 Å². The maximum atomic E-state index is 13.1. The quantitative estimate of drug-likeness (QED) is 0.380. The normalized spacial score (nSPS) is 14.5. The third-order valence-corrected chi connectivity index (χ3v) is 5.95. The average Bonchev–Trinajstić information content (AvgIpc) is 3.11. The van der Waals surface area contributed by atoms with E-state index >= 15 is 0 Å². The van der Waals surface area contributed by atoms with Crippen molar-refractivity contribution in [2.45, 2.75) is 23.5 Å². The first kappa shape index (κ1) is 19.4. The van der Waals surface area contributed by atoms with Crippen LogP contribution < -0.4 is 15.8 Å². The van der Waals surface area contributed by atoms with Crippen LogP contribution in [0.2, 0.25) is 0 Å². The van der Waals surface area contributed by atoms with Crippen molar-refractivity contribution < 1.29 is 4.92 Å². The number of piperazine rings is 1. The summed E-state index contributed by atoms with van der Waals surface area (Å²) in [6.07, 6.45) is 0. The van der Waals surface area contributed by atoms with Gasteiger partial charge in [-0.15, -0.1) is 0 Å². The molecule has 1 fully saturated rings. The highest BCUT2D eigenvalue weighted by molar-refractivity contribution is 7.99. The van der Waals surface area contributed by atoms with Crippen molar-refractivity contribution in [1.82, 2.24) is 24.4 Å². The number of fused-ring (bicyclic) bond motifs is 1. The second-order valence-corrected chi connectivity index (χ2v) is 7.72. The van der Waals surface area contributed by atoms with Crippen LogP contribution in [0.25, 0.3) is 11.2 Å². The number of non-ortho nitro benzene ring substituents is 1. The van der Waals surface area contributed by atoms with E-state index in [1.54, 1.807) is 19.2 Å². The van der Waals surface area contributed by atoms with Crippen molar-refractivity contribution >= 4 is 34.6 Å². The minimum absolute atomic E-state index is 0.0222. The molecule has 3 heterocycles. The molecule has 2 aromatic heterocycles. The third kappa shape index (κ3) is 3.58. The molecule has 0 saturated carbocycles. The van der Waals surface area contributed by atoms with Gasteiger partial charge in [-0.1, -0.05) is 11.8 Å². The molecular weight excluding hydrogens is 394 g/mol. The van der Waals surface area contributed by atoms with Gasteiger partial charge in [0.15, 0.2) is 16.3 Å². The fraction of sp³-hybridized carbons (Fsp3) is 0.389. The molecule has 1 aliphatic rings. The molecule has 0 spiro atoms. The summed E-state index contributed by atoms with van der Waals surface area (Å²) < 4.78 is 3.43. The van der Waals surface area contributed by atoms with Crippen molar-refractivity contribution in [3.63, 3.8) is 0 Å². The number of benzene rings is 1. The summed E-state index contributed by atoms with van der Waals surface area (Å²) in [5.74, 6) is 0.770. The molecule has 3 aromatic rings. The second-order valence-electron chi connectivity index (χ2n) is 6.68. The maximum Gasteiger partial charge on any atom is 0.280 e. The van der Waals surface area contributed by atoms with Crippen LogP contribution in [0.4, 0.5) is 11.6 Å². The fourth-order valence-electron chi connectivity index (χ4n) is 3.37. The predicted molar refractivity (Wildman–Crippen MR) is 111 cm³/mol. The molecule has 4 rings (SSSR count). The number of hydrogen-bond acceptors (Lipinski definition) is 8. The van der Waals surface area contributed by atoms with Gasteiger partial charge in [0.2, 0.25) is 5.95 Å². The number of anilines is 1. The number of imidazole rings is 1. The molecule has 152 valence electrons. The molecule has 0 unspecified atom stereocenters. The number of nitro groups is 1. The lowest BCUT2D eigenvalue weighted by atomic mass is 10.3. The Hall–Kier alpha value is -2.92. The Bertz CT molecular complexity index is 1120. The monoisotopic (exact) mass is 415 g/mol. The second kappa shape index (κ2) is 7.84. The Kier molecular flexibility index (Phi) is 5.24. The first-order chi connectivity index (χ1) is 14.0. The van der Waals surface area contributed by atoms with E-state index < -0.39 is 4.92 Å². The number of nitrogens with one attached hydrogen (secondary N) is 1. The smallest absolute Gasteiger partial charge is 0.280 e. The van der Waals surface area contributed by atoms with Gasteiger partial charge in [-0.25, -0.2) is 4.98 Å². The average molecular weight is 415 g/mol. The Morgan fingerprint density at radius 2 is 1.90 bits per heavy atom. The van der Waals surface area contributed by atoms with Gasteiger partial charge in [-0.05, 0) is 19.1 Å². The van der Waals surface area contributed by atoms with Crippen molar-refractivity contribution in [2.75, 3.05) is 31.1 Å². The van der Waals surface area contributed by atoms with E-state index in [1.165, 1.54) is 28.5 Å². The van der Waals surface area contributed by atoms with E-state index in [2.05, 4.69) is 20.2 Å². The molecule has 0 amide bonds. The molecule has 0 atom stereocenters. The summed E-state index contributed by atoms with van der Waals surface area (Å²) in [5.41, 5.74) is 0.786. The zero-order valence-electron chi connectivity index (χ0n) is 16.2. The SMILES string of the molecule is CCn1c(N2CCNCC2)nc2nc(Sc3ccc([N+](=O)[O-])cc3)n(C)c(=O)c21. The highest BCUT2D eigenvalue weighted by Crippen LogP contribution is 2.28. The van der Waals surface area contributed by atoms with Crippen LogP contribution in [0.3, 0.4) is 0 Å². The Morgan fingerprint density at radius 1 is 1.21 bits per heavy atom. The van der Waals surface area contributed by atoms with E-state index in [-0.39, 0.29) is 11.2 Å². The fourth-order valence-corrected chi connectivity index (χ4v) is 4.20. The summed E-state index contributed by atoms with van der Waals surface area (Å²) in [6, 6.07) is 6.17. The molecule has 11 heteroatoms. The first-order valence-electron chi connectivity index (χ1n) is 9.35. The third-order valence-electron chi connectivity index (χ3n) is 4.90. The van der Waals surface area contributed by atoms with Crippen LogP contribution >= 0.6 is 11.8 Å². The van der Waals surface area contributed by atoms with Gasteiger partial charge >= 0.3 is 0 Å². The molecular formula is C18H21N7O3S. The van der Waals surface area contributed by atoms with Gasteiger partial charge in [0.25, 0.3) is 11.2 Å². The standard InChI is InChI=1S/C18H21N7O3S/c1-3-24-14-15(20-17(24)23-10-8-19-9-11-23)21-18(22(2)16(14)26)29-13-6-4-12(5-7-13)25(27)28/h4-7,19H,3,8-11H2,1-2H3. The molecule has 29 heavy (non-hydrogen) atoms. The number of nitrogens with zero attached hydrogens (tertiary/aromatic N) is 6. The van der Waals surface area contributed by atoms with E-state index in [0.717, 1.165) is 37.0 Å². The van der Waals surface area contributed by atoms with Crippen LogP contribution in [0.5, 0.6) is 0 Å². The highest BCUT2D eigenvalue weighted by atomic mass is 32.2. The lowest BCUT2D eigenvalue weighted by Crippen LogP contribution is -2.44. The topological polar surface area (TPSA) is 111 Å². The summed E-state index contributed by atoms with van der Waals surface area (Å²) in [6.45, 7) is 6.02. The zero-order chi connectivity index (χ0) is 20.5. The van der Waals surface area contributed by atoms with E-state index in [0.29, 0.717) is 22.9 Å². The van der Waals surface area contributed by atoms with Gasteiger partial charge in [-0.2, -0.15) is 4.98 Å². The van der Waals surface area contributed by atoms with Crippen molar-refractivity contribution in [3.05, 3.63) is 44.7 Å². The highest BCUT2D eigenvalue weighted by Gasteiger charge is 2.22. The molecule has 0 bridgehead atoms. The van der Waals surface area contributed by atoms with Gasteiger partial charge in [0, 0.05) is 56.8 Å². The van der Waals surface area contributed by atoms with Crippen LogP contribution in [0.15, 0.2) is 39.1 Å². The zero-order valence-corrected chi connectivity index (χ0v) is 17.0. The minimum atomic E-state index is -0.441. The number of aryl methyl sites for hydroxylation is 1. The van der Waals surface area contributed by atoms with E-state index in [1.807, 2.05) is 11.5 Å². The van der Waals surface area contributed by atoms with Crippen LogP contribution in [0, 0.1) is 10.1 Å².